The number of rotatable bonds is 1. The molecule has 1 N–H and O–H groups in total. The van der Waals surface area contributed by atoms with Crippen molar-refractivity contribution in [3.8, 4) is 0 Å². The van der Waals surface area contributed by atoms with E-state index in [1.54, 1.807) is 0 Å². The Hall–Kier alpha value is -0.0800. The lowest BCUT2D eigenvalue weighted by Crippen LogP contribution is -2.62. The van der Waals surface area contributed by atoms with Gasteiger partial charge in [0, 0.05) is 19.1 Å². The minimum atomic E-state index is -0.372. The highest BCUT2D eigenvalue weighted by Gasteiger charge is 2.40. The molecular formula is C9H17NO. The number of hydrogen-bond donors (Lipinski definition) is 1. The summed E-state index contributed by atoms with van der Waals surface area (Å²) in [6, 6.07) is 0.801. The Morgan fingerprint density at radius 2 is 1.82 bits per heavy atom. The third-order valence-corrected chi connectivity index (χ3v) is 2.93. The van der Waals surface area contributed by atoms with Gasteiger partial charge < -0.3 is 5.11 Å². The van der Waals surface area contributed by atoms with Gasteiger partial charge in [0.2, 0.25) is 0 Å². The Morgan fingerprint density at radius 1 is 1.27 bits per heavy atom. The summed E-state index contributed by atoms with van der Waals surface area (Å²) in [4.78, 5) is 2.42. The van der Waals surface area contributed by atoms with Gasteiger partial charge in [-0.05, 0) is 19.8 Å². The van der Waals surface area contributed by atoms with Gasteiger partial charge in [-0.2, -0.15) is 0 Å². The summed E-state index contributed by atoms with van der Waals surface area (Å²) >= 11 is 0. The molecule has 2 rings (SSSR count). The summed E-state index contributed by atoms with van der Waals surface area (Å²) in [7, 11) is 0. The lowest BCUT2D eigenvalue weighted by atomic mass is 9.94. The SMILES string of the molecule is CC1(O)CN(C2CCCC2)C1. The van der Waals surface area contributed by atoms with Gasteiger partial charge >= 0.3 is 0 Å². The first-order valence-electron chi connectivity index (χ1n) is 4.64. The van der Waals surface area contributed by atoms with Crippen molar-refractivity contribution in [1.29, 1.82) is 0 Å². The van der Waals surface area contributed by atoms with E-state index in [1.165, 1.54) is 25.7 Å². The van der Waals surface area contributed by atoms with Gasteiger partial charge in [0.25, 0.3) is 0 Å². The number of β-amino-alcohol motifs (C(OH)–C–C–N with tert-alkyl or cyclic N) is 1. The molecule has 11 heavy (non-hydrogen) atoms. The van der Waals surface area contributed by atoms with Crippen LogP contribution in [0.1, 0.15) is 32.6 Å². The molecule has 2 heteroatoms. The molecule has 1 saturated carbocycles. The molecule has 0 aromatic carbocycles. The maximum atomic E-state index is 9.50. The summed E-state index contributed by atoms with van der Waals surface area (Å²) in [5, 5.41) is 9.50. The molecule has 1 aliphatic carbocycles. The molecule has 0 amide bonds. The normalized spacial score (nSPS) is 32.2. The maximum Gasteiger partial charge on any atom is 0.0872 e. The molecule has 0 unspecified atom stereocenters. The summed E-state index contributed by atoms with van der Waals surface area (Å²) in [5.41, 5.74) is -0.372. The molecule has 0 atom stereocenters. The topological polar surface area (TPSA) is 23.5 Å². The largest absolute Gasteiger partial charge is 0.388 e. The first-order valence-corrected chi connectivity index (χ1v) is 4.64. The molecule has 1 aliphatic heterocycles. The van der Waals surface area contributed by atoms with Gasteiger partial charge in [0.05, 0.1) is 5.60 Å². The second-order valence-corrected chi connectivity index (χ2v) is 4.34. The van der Waals surface area contributed by atoms with E-state index in [9.17, 15) is 5.11 Å². The van der Waals surface area contributed by atoms with Crippen LogP contribution in [0.5, 0.6) is 0 Å². The van der Waals surface area contributed by atoms with Crippen LogP contribution in [-0.2, 0) is 0 Å². The van der Waals surface area contributed by atoms with Gasteiger partial charge in [0.15, 0.2) is 0 Å². The molecule has 2 nitrogen and oxygen atoms in total. The van der Waals surface area contributed by atoms with Crippen LogP contribution in [-0.4, -0.2) is 34.7 Å². The molecule has 1 heterocycles. The zero-order valence-corrected chi connectivity index (χ0v) is 7.21. The lowest BCUT2D eigenvalue weighted by molar-refractivity contribution is -0.101. The van der Waals surface area contributed by atoms with E-state index in [2.05, 4.69) is 4.90 Å². The predicted molar refractivity (Wildman–Crippen MR) is 44.5 cm³/mol. The Labute approximate surface area is 68.2 Å². The first kappa shape index (κ1) is 7.56. The van der Waals surface area contributed by atoms with E-state index in [0.717, 1.165) is 19.1 Å². The van der Waals surface area contributed by atoms with Crippen LogP contribution in [0, 0.1) is 0 Å². The number of nitrogens with zero attached hydrogens (tertiary/aromatic N) is 1. The van der Waals surface area contributed by atoms with E-state index in [1.807, 2.05) is 6.92 Å². The maximum absolute atomic E-state index is 9.50. The van der Waals surface area contributed by atoms with Crippen LogP contribution >= 0.6 is 0 Å². The average Bonchev–Trinajstić information content (AvgIpc) is 2.32. The quantitative estimate of drug-likeness (QED) is 0.610. The van der Waals surface area contributed by atoms with Crippen molar-refractivity contribution in [2.75, 3.05) is 13.1 Å². The molecular weight excluding hydrogens is 138 g/mol. The van der Waals surface area contributed by atoms with E-state index < -0.39 is 0 Å². The van der Waals surface area contributed by atoms with E-state index in [4.69, 9.17) is 0 Å². The van der Waals surface area contributed by atoms with Gasteiger partial charge in [-0.3, -0.25) is 4.90 Å². The van der Waals surface area contributed by atoms with Gasteiger partial charge in [-0.15, -0.1) is 0 Å². The van der Waals surface area contributed by atoms with Crippen LogP contribution in [0.15, 0.2) is 0 Å². The van der Waals surface area contributed by atoms with Crippen molar-refractivity contribution >= 4 is 0 Å². The fraction of sp³-hybridized carbons (Fsp3) is 1.00. The van der Waals surface area contributed by atoms with E-state index in [0.29, 0.717) is 0 Å². The number of hydrogen-bond acceptors (Lipinski definition) is 2. The van der Waals surface area contributed by atoms with Crippen LogP contribution in [0.4, 0.5) is 0 Å². The fourth-order valence-corrected chi connectivity index (χ4v) is 2.36. The monoisotopic (exact) mass is 155 g/mol. The van der Waals surface area contributed by atoms with Crippen molar-refractivity contribution in [2.24, 2.45) is 0 Å². The second-order valence-electron chi connectivity index (χ2n) is 4.34. The van der Waals surface area contributed by atoms with Gasteiger partial charge in [-0.1, -0.05) is 12.8 Å². The van der Waals surface area contributed by atoms with E-state index >= 15 is 0 Å². The van der Waals surface area contributed by atoms with Crippen LogP contribution in [0.25, 0.3) is 0 Å². The highest BCUT2D eigenvalue weighted by molar-refractivity contribution is 4.95. The molecule has 64 valence electrons. The molecule has 0 spiro atoms. The summed E-state index contributed by atoms with van der Waals surface area (Å²) < 4.78 is 0. The third kappa shape index (κ3) is 1.42. The average molecular weight is 155 g/mol. The fourth-order valence-electron chi connectivity index (χ4n) is 2.36. The minimum absolute atomic E-state index is 0.372. The Morgan fingerprint density at radius 3 is 2.27 bits per heavy atom. The second kappa shape index (κ2) is 2.46. The standard InChI is InChI=1S/C9H17NO/c1-9(11)6-10(7-9)8-4-2-3-5-8/h8,11H,2-7H2,1H3. The van der Waals surface area contributed by atoms with Crippen molar-refractivity contribution in [3.63, 3.8) is 0 Å². The van der Waals surface area contributed by atoms with Gasteiger partial charge in [0.1, 0.15) is 0 Å². The number of aliphatic hydroxyl groups is 1. The number of likely N-dealkylation sites (tertiary alicyclic amines) is 1. The van der Waals surface area contributed by atoms with Crippen LogP contribution in [0.3, 0.4) is 0 Å². The zero-order valence-electron chi connectivity index (χ0n) is 7.21. The summed E-state index contributed by atoms with van der Waals surface area (Å²) in [5.74, 6) is 0. The highest BCUT2D eigenvalue weighted by atomic mass is 16.3. The predicted octanol–water partition coefficient (Wildman–Crippen LogP) is 0.996. The molecule has 1 saturated heterocycles. The minimum Gasteiger partial charge on any atom is -0.388 e. The van der Waals surface area contributed by atoms with Crippen LogP contribution in [0.2, 0.25) is 0 Å². The van der Waals surface area contributed by atoms with Crippen LogP contribution < -0.4 is 0 Å². The smallest absolute Gasteiger partial charge is 0.0872 e. The third-order valence-electron chi connectivity index (χ3n) is 2.93. The molecule has 0 radical (unpaired) electrons. The molecule has 2 aliphatic rings. The van der Waals surface area contributed by atoms with Crippen molar-refractivity contribution in [2.45, 2.75) is 44.2 Å². The van der Waals surface area contributed by atoms with Crippen molar-refractivity contribution < 1.29 is 5.11 Å². The molecule has 0 aromatic rings. The van der Waals surface area contributed by atoms with Gasteiger partial charge in [-0.25, -0.2) is 0 Å². The summed E-state index contributed by atoms with van der Waals surface area (Å²) in [6.07, 6.45) is 5.50. The molecule has 0 aromatic heterocycles. The first-order chi connectivity index (χ1) is 5.17. The molecule has 0 bridgehead atoms. The Balaban J connectivity index is 1.81. The van der Waals surface area contributed by atoms with E-state index in [-0.39, 0.29) is 5.60 Å². The Kier molecular flexibility index (Phi) is 1.69. The lowest BCUT2D eigenvalue weighted by Gasteiger charge is -2.47. The highest BCUT2D eigenvalue weighted by Crippen LogP contribution is 2.30. The summed E-state index contributed by atoms with van der Waals surface area (Å²) in [6.45, 7) is 3.73. The zero-order chi connectivity index (χ0) is 7.90. The Bertz CT molecular complexity index is 142. The molecule has 2 fully saturated rings. The van der Waals surface area contributed by atoms with Crippen molar-refractivity contribution in [1.82, 2.24) is 4.90 Å². The van der Waals surface area contributed by atoms with Crippen molar-refractivity contribution in [3.05, 3.63) is 0 Å².